The molecule has 0 N–H and O–H groups in total. The Kier molecular flexibility index (Phi) is 3.44. The van der Waals surface area contributed by atoms with Gasteiger partial charge in [-0.3, -0.25) is 4.79 Å². The van der Waals surface area contributed by atoms with Crippen molar-refractivity contribution in [3.63, 3.8) is 0 Å². The maximum absolute atomic E-state index is 11.8. The smallest absolute Gasteiger partial charge is 0.163 e. The van der Waals surface area contributed by atoms with Crippen LogP contribution in [0, 0.1) is 0 Å². The lowest BCUT2D eigenvalue weighted by atomic mass is 10.0. The number of ketones is 1. The number of Topliss-reactive ketones (excluding diaryl/α,β-unsaturated/α-hetero) is 1. The number of rotatable bonds is 4. The average molecular weight is 280 g/mol. The summed E-state index contributed by atoms with van der Waals surface area (Å²) >= 11 is 0. The van der Waals surface area contributed by atoms with E-state index in [0.29, 0.717) is 17.9 Å². The van der Waals surface area contributed by atoms with Crippen LogP contribution in [0.15, 0.2) is 48.8 Å². The highest BCUT2D eigenvalue weighted by Gasteiger charge is 2.13. The second-order valence-corrected chi connectivity index (χ2v) is 4.96. The molecule has 0 spiro atoms. The van der Waals surface area contributed by atoms with E-state index in [9.17, 15) is 4.79 Å². The van der Waals surface area contributed by atoms with Crippen LogP contribution in [0.1, 0.15) is 23.1 Å². The predicted molar refractivity (Wildman–Crippen MR) is 81.5 cm³/mol. The number of carbonyl (C=O) groups is 1. The summed E-state index contributed by atoms with van der Waals surface area (Å²) in [4.78, 5) is 16.1. The van der Waals surface area contributed by atoms with E-state index < -0.39 is 0 Å². The van der Waals surface area contributed by atoms with Gasteiger partial charge in [0.05, 0.1) is 5.56 Å². The topological polar surface area (TPSA) is 44.1 Å². The molecule has 21 heavy (non-hydrogen) atoms. The molecule has 0 aliphatic rings. The molecule has 0 atom stereocenters. The van der Waals surface area contributed by atoms with Gasteiger partial charge in [-0.25, -0.2) is 4.98 Å². The molecule has 1 aromatic heterocycles. The minimum atomic E-state index is -0.00408. The van der Waals surface area contributed by atoms with E-state index in [2.05, 4.69) is 4.98 Å². The molecule has 0 radical (unpaired) electrons. The molecule has 0 aliphatic heterocycles. The monoisotopic (exact) mass is 280 g/mol. The molecule has 106 valence electrons. The highest BCUT2D eigenvalue weighted by atomic mass is 16.5. The first-order chi connectivity index (χ1) is 10.2. The first-order valence-corrected chi connectivity index (χ1v) is 6.78. The number of aromatic nitrogens is 2. The van der Waals surface area contributed by atoms with Gasteiger partial charge in [-0.2, -0.15) is 0 Å². The highest BCUT2D eigenvalue weighted by Crippen LogP contribution is 2.30. The van der Waals surface area contributed by atoms with Gasteiger partial charge in [0.25, 0.3) is 0 Å². The summed E-state index contributed by atoms with van der Waals surface area (Å²) < 4.78 is 7.83. The highest BCUT2D eigenvalue weighted by molar-refractivity contribution is 6.03. The maximum Gasteiger partial charge on any atom is 0.163 e. The molecule has 2 aromatic carbocycles. The van der Waals surface area contributed by atoms with Gasteiger partial charge < -0.3 is 9.30 Å². The van der Waals surface area contributed by atoms with Gasteiger partial charge in [0, 0.05) is 24.8 Å². The van der Waals surface area contributed by atoms with Crippen molar-refractivity contribution in [1.29, 1.82) is 0 Å². The number of ether oxygens (including phenoxy) is 1. The summed E-state index contributed by atoms with van der Waals surface area (Å²) in [5, 5.41) is 2.00. The minimum absolute atomic E-state index is 0.00408. The van der Waals surface area contributed by atoms with Crippen LogP contribution in [-0.2, 0) is 13.7 Å². The van der Waals surface area contributed by atoms with E-state index in [1.54, 1.807) is 13.1 Å². The van der Waals surface area contributed by atoms with Gasteiger partial charge in [0.2, 0.25) is 0 Å². The summed E-state index contributed by atoms with van der Waals surface area (Å²) in [7, 11) is 1.92. The van der Waals surface area contributed by atoms with Gasteiger partial charge in [-0.1, -0.05) is 30.3 Å². The van der Waals surface area contributed by atoms with Gasteiger partial charge in [-0.15, -0.1) is 0 Å². The number of fused-ring (bicyclic) bond motifs is 1. The van der Waals surface area contributed by atoms with Crippen molar-refractivity contribution in [3.8, 4) is 5.75 Å². The zero-order valence-electron chi connectivity index (χ0n) is 12.0. The predicted octanol–water partition coefficient (Wildman–Crippen LogP) is 3.35. The zero-order valence-corrected chi connectivity index (χ0v) is 12.0. The standard InChI is InChI=1S/C17H16N2O2/c1-12(20)14-8-7-13-5-3-4-6-15(13)17(14)21-11-16-18-9-10-19(16)2/h3-10H,11H2,1-2H3. The molecule has 0 saturated carbocycles. The van der Waals surface area contributed by atoms with Crippen LogP contribution in [0.5, 0.6) is 5.75 Å². The fourth-order valence-electron chi connectivity index (χ4n) is 2.35. The normalized spacial score (nSPS) is 10.8. The minimum Gasteiger partial charge on any atom is -0.484 e. The molecular weight excluding hydrogens is 264 g/mol. The van der Waals surface area contributed by atoms with E-state index in [4.69, 9.17) is 4.74 Å². The Balaban J connectivity index is 2.04. The molecule has 1 heterocycles. The second kappa shape index (κ2) is 5.40. The van der Waals surface area contributed by atoms with Gasteiger partial charge in [0.15, 0.2) is 5.78 Å². The van der Waals surface area contributed by atoms with Gasteiger partial charge in [0.1, 0.15) is 18.2 Å². The van der Waals surface area contributed by atoms with Crippen LogP contribution < -0.4 is 4.74 Å². The van der Waals surface area contributed by atoms with Crippen molar-refractivity contribution >= 4 is 16.6 Å². The first-order valence-electron chi connectivity index (χ1n) is 6.78. The lowest BCUT2D eigenvalue weighted by Crippen LogP contribution is -2.06. The molecule has 3 aromatic rings. The van der Waals surface area contributed by atoms with E-state index in [1.165, 1.54) is 0 Å². The second-order valence-electron chi connectivity index (χ2n) is 4.96. The number of carbonyl (C=O) groups excluding carboxylic acids is 1. The largest absolute Gasteiger partial charge is 0.484 e. The third-order valence-corrected chi connectivity index (χ3v) is 3.53. The Hall–Kier alpha value is -2.62. The van der Waals surface area contributed by atoms with Crippen molar-refractivity contribution in [2.24, 2.45) is 7.05 Å². The van der Waals surface area contributed by atoms with Crippen molar-refractivity contribution in [2.45, 2.75) is 13.5 Å². The van der Waals surface area contributed by atoms with Crippen LogP contribution in [0.3, 0.4) is 0 Å². The molecule has 0 saturated heterocycles. The number of nitrogens with zero attached hydrogens (tertiary/aromatic N) is 2. The molecule has 0 bridgehead atoms. The quantitative estimate of drug-likeness (QED) is 0.688. The van der Waals surface area contributed by atoms with E-state index in [0.717, 1.165) is 16.6 Å². The van der Waals surface area contributed by atoms with Gasteiger partial charge >= 0.3 is 0 Å². The Morgan fingerprint density at radius 1 is 1.24 bits per heavy atom. The van der Waals surface area contributed by atoms with Crippen LogP contribution in [0.4, 0.5) is 0 Å². The van der Waals surface area contributed by atoms with Crippen molar-refractivity contribution in [2.75, 3.05) is 0 Å². The molecule has 0 aliphatic carbocycles. The Morgan fingerprint density at radius 2 is 2.05 bits per heavy atom. The van der Waals surface area contributed by atoms with E-state index >= 15 is 0 Å². The van der Waals surface area contributed by atoms with E-state index in [1.807, 2.05) is 54.2 Å². The Bertz CT molecular complexity index is 805. The maximum atomic E-state index is 11.8. The summed E-state index contributed by atoms with van der Waals surface area (Å²) in [6.45, 7) is 1.88. The molecule has 0 amide bonds. The first kappa shape index (κ1) is 13.4. The fraction of sp³-hybridized carbons (Fsp3) is 0.176. The third-order valence-electron chi connectivity index (χ3n) is 3.53. The SMILES string of the molecule is CC(=O)c1ccc2ccccc2c1OCc1nccn1C. The number of imidazole rings is 1. The number of benzene rings is 2. The zero-order chi connectivity index (χ0) is 14.8. The van der Waals surface area contributed by atoms with Gasteiger partial charge in [-0.05, 0) is 18.4 Å². The Morgan fingerprint density at radius 3 is 2.76 bits per heavy atom. The van der Waals surface area contributed by atoms with Crippen LogP contribution in [0.25, 0.3) is 10.8 Å². The number of aryl methyl sites for hydroxylation is 1. The van der Waals surface area contributed by atoms with Crippen LogP contribution in [-0.4, -0.2) is 15.3 Å². The molecule has 0 unspecified atom stereocenters. The summed E-state index contributed by atoms with van der Waals surface area (Å²) in [6.07, 6.45) is 3.60. The lowest BCUT2D eigenvalue weighted by molar-refractivity contribution is 0.101. The Labute approximate surface area is 123 Å². The molecule has 3 rings (SSSR count). The summed E-state index contributed by atoms with van der Waals surface area (Å²) in [5.41, 5.74) is 0.600. The van der Waals surface area contributed by atoms with E-state index in [-0.39, 0.29) is 5.78 Å². The number of hydrogen-bond donors (Lipinski definition) is 0. The summed E-state index contributed by atoms with van der Waals surface area (Å²) in [6, 6.07) is 11.7. The molecular formula is C17H16N2O2. The van der Waals surface area contributed by atoms with Crippen molar-refractivity contribution in [3.05, 3.63) is 60.2 Å². The third kappa shape index (κ3) is 2.52. The molecule has 4 heteroatoms. The van der Waals surface area contributed by atoms with Crippen LogP contribution >= 0.6 is 0 Å². The van der Waals surface area contributed by atoms with Crippen molar-refractivity contribution < 1.29 is 9.53 Å². The average Bonchev–Trinajstić information content (AvgIpc) is 2.89. The molecule has 4 nitrogen and oxygen atoms in total. The number of hydrogen-bond acceptors (Lipinski definition) is 3. The fourth-order valence-corrected chi connectivity index (χ4v) is 2.35. The summed E-state index contributed by atoms with van der Waals surface area (Å²) in [5.74, 6) is 1.44. The lowest BCUT2D eigenvalue weighted by Gasteiger charge is -2.13. The molecule has 0 fully saturated rings. The van der Waals surface area contributed by atoms with Crippen molar-refractivity contribution in [1.82, 2.24) is 9.55 Å². The van der Waals surface area contributed by atoms with Crippen LogP contribution in [0.2, 0.25) is 0 Å².